The number of ether oxygens (including phenoxy) is 4. The minimum absolute atomic E-state index is 0.0373. The average molecular weight is 622 g/mol. The molecular formula is C34H55NO9. The number of nitrogens with two attached hydrogens (primary N) is 1. The van der Waals surface area contributed by atoms with Crippen molar-refractivity contribution < 1.29 is 44.5 Å². The van der Waals surface area contributed by atoms with Crippen molar-refractivity contribution in [2.24, 2.45) is 51.1 Å². The van der Waals surface area contributed by atoms with Crippen LogP contribution in [0.4, 0.5) is 0 Å². The van der Waals surface area contributed by atoms with Crippen molar-refractivity contribution in [1.82, 2.24) is 0 Å². The van der Waals surface area contributed by atoms with Gasteiger partial charge in [0.1, 0.15) is 30.5 Å². The van der Waals surface area contributed by atoms with Gasteiger partial charge in [0.25, 0.3) is 0 Å². The monoisotopic (exact) mass is 621 g/mol. The molecule has 8 aliphatic rings. The standard InChI is InChI=1S/C34H55NO9/c1-16-13-18-25(29(4,5)40)44-34(43-18)24(16)30(6)11-12-32-15-31(32)10-9-21(42-26-23(38)22(37)17(36)14-41-26)28(2,3)19(31)7-8-20(32)33(30,35)27(34)39/h16-27,36-40H,7-15,35H2,1-6H3/t16-,17-,18?,19+,20?,21+,22+,23-,24-,25?,26?,27-,30?,31?,32?,33+,34?/m1/s1. The van der Waals surface area contributed by atoms with E-state index in [1.165, 1.54) is 0 Å². The molecular weight excluding hydrogens is 566 g/mol. The lowest BCUT2D eigenvalue weighted by Gasteiger charge is -2.63. The predicted octanol–water partition coefficient (Wildman–Crippen LogP) is 1.81. The van der Waals surface area contributed by atoms with E-state index in [-0.39, 0.29) is 58.2 Å². The van der Waals surface area contributed by atoms with Gasteiger partial charge < -0.3 is 50.2 Å². The van der Waals surface area contributed by atoms with Gasteiger partial charge in [-0.2, -0.15) is 0 Å². The molecule has 8 fully saturated rings. The summed E-state index contributed by atoms with van der Waals surface area (Å²) in [4.78, 5) is 0. The van der Waals surface area contributed by atoms with E-state index in [4.69, 9.17) is 24.7 Å². The van der Waals surface area contributed by atoms with E-state index in [9.17, 15) is 25.5 Å². The Kier molecular flexibility index (Phi) is 6.31. The summed E-state index contributed by atoms with van der Waals surface area (Å²) < 4.78 is 25.6. The summed E-state index contributed by atoms with van der Waals surface area (Å²) in [5.41, 5.74) is 5.35. The molecule has 10 nitrogen and oxygen atoms in total. The fourth-order valence-electron chi connectivity index (χ4n) is 13.6. The van der Waals surface area contributed by atoms with Crippen molar-refractivity contribution in [1.29, 1.82) is 0 Å². The van der Waals surface area contributed by atoms with Crippen molar-refractivity contribution in [3.05, 3.63) is 0 Å². The van der Waals surface area contributed by atoms with Crippen LogP contribution in [0.1, 0.15) is 92.9 Å². The lowest BCUT2D eigenvalue weighted by molar-refractivity contribution is -0.302. The number of hydrogen-bond donors (Lipinski definition) is 6. The Balaban J connectivity index is 1.10. The van der Waals surface area contributed by atoms with Crippen LogP contribution in [0, 0.1) is 45.3 Å². The first-order chi connectivity index (χ1) is 20.4. The molecule has 3 aliphatic heterocycles. The molecule has 250 valence electrons. The Bertz CT molecular complexity index is 1210. The van der Waals surface area contributed by atoms with Crippen LogP contribution in [-0.2, 0) is 18.9 Å². The maximum absolute atomic E-state index is 12.5. The maximum atomic E-state index is 12.5. The number of rotatable bonds is 3. The molecule has 3 spiro atoms. The van der Waals surface area contributed by atoms with Crippen molar-refractivity contribution >= 4 is 0 Å². The first-order valence-electron chi connectivity index (χ1n) is 17.3. The van der Waals surface area contributed by atoms with Crippen molar-refractivity contribution in [2.45, 2.75) is 159 Å². The first-order valence-corrected chi connectivity index (χ1v) is 17.3. The Morgan fingerprint density at radius 1 is 0.886 bits per heavy atom. The average Bonchev–Trinajstić information content (AvgIpc) is 3.45. The van der Waals surface area contributed by atoms with E-state index in [0.717, 1.165) is 51.4 Å². The van der Waals surface area contributed by atoms with Crippen LogP contribution in [-0.4, -0.2) is 98.1 Å². The van der Waals surface area contributed by atoms with Crippen LogP contribution in [0.2, 0.25) is 0 Å². The smallest absolute Gasteiger partial charge is 0.200 e. The highest BCUT2D eigenvalue weighted by molar-refractivity contribution is 5.37. The Labute approximate surface area is 261 Å². The van der Waals surface area contributed by atoms with Crippen LogP contribution in [0.3, 0.4) is 0 Å². The molecule has 7 N–H and O–H groups in total. The quantitative estimate of drug-likeness (QED) is 0.256. The van der Waals surface area contributed by atoms with Crippen LogP contribution in [0.5, 0.6) is 0 Å². The number of aliphatic hydroxyl groups excluding tert-OH is 4. The highest BCUT2D eigenvalue weighted by Gasteiger charge is 2.88. The van der Waals surface area contributed by atoms with Gasteiger partial charge in [-0.15, -0.1) is 0 Å². The van der Waals surface area contributed by atoms with Gasteiger partial charge in [0, 0.05) is 5.92 Å². The summed E-state index contributed by atoms with van der Waals surface area (Å²) in [6.07, 6.45) is 0.927. The maximum Gasteiger partial charge on any atom is 0.200 e. The van der Waals surface area contributed by atoms with E-state index in [1.54, 1.807) is 13.8 Å². The van der Waals surface area contributed by atoms with Crippen LogP contribution >= 0.6 is 0 Å². The number of fused-ring (bicyclic) bond motifs is 4. The number of aliphatic hydroxyl groups is 5. The molecule has 2 bridgehead atoms. The second-order valence-corrected chi connectivity index (χ2v) is 17.9. The molecule has 8 rings (SSSR count). The molecule has 3 heterocycles. The summed E-state index contributed by atoms with van der Waals surface area (Å²) in [5, 5.41) is 54.3. The summed E-state index contributed by atoms with van der Waals surface area (Å²) in [5.74, 6) is -0.500. The van der Waals surface area contributed by atoms with Gasteiger partial charge in [-0.25, -0.2) is 0 Å². The molecule has 10 heteroatoms. The van der Waals surface area contributed by atoms with Gasteiger partial charge in [0.15, 0.2) is 6.29 Å². The van der Waals surface area contributed by atoms with E-state index in [2.05, 4.69) is 27.7 Å². The Hall–Kier alpha value is -0.400. The fraction of sp³-hybridized carbons (Fsp3) is 1.00. The normalized spacial score (nSPS) is 62.2. The molecule has 0 aromatic heterocycles. The molecule has 5 aliphatic carbocycles. The zero-order valence-corrected chi connectivity index (χ0v) is 27.2. The van der Waals surface area contributed by atoms with E-state index in [1.807, 2.05) is 0 Å². The molecule has 0 radical (unpaired) electrons. The largest absolute Gasteiger partial charge is 0.388 e. The Morgan fingerprint density at radius 3 is 2.27 bits per heavy atom. The summed E-state index contributed by atoms with van der Waals surface area (Å²) in [6.45, 7) is 12.6. The van der Waals surface area contributed by atoms with Crippen molar-refractivity contribution in [3.8, 4) is 0 Å². The first kappa shape index (κ1) is 30.9. The second kappa shape index (κ2) is 8.98. The van der Waals surface area contributed by atoms with Crippen molar-refractivity contribution in [2.75, 3.05) is 6.61 Å². The minimum Gasteiger partial charge on any atom is -0.388 e. The van der Waals surface area contributed by atoms with E-state index >= 15 is 0 Å². The molecule has 0 aromatic carbocycles. The zero-order valence-electron chi connectivity index (χ0n) is 27.2. The van der Waals surface area contributed by atoms with Crippen LogP contribution in [0.15, 0.2) is 0 Å². The van der Waals surface area contributed by atoms with Gasteiger partial charge in [-0.05, 0) is 105 Å². The van der Waals surface area contributed by atoms with Gasteiger partial charge >= 0.3 is 0 Å². The lowest BCUT2D eigenvalue weighted by Crippen LogP contribution is -2.70. The lowest BCUT2D eigenvalue weighted by atomic mass is 9.43. The van der Waals surface area contributed by atoms with Gasteiger partial charge in [0.2, 0.25) is 5.79 Å². The highest BCUT2D eigenvalue weighted by atomic mass is 16.8. The minimum atomic E-state index is -1.30. The number of hydrogen-bond acceptors (Lipinski definition) is 10. The molecule has 0 aromatic rings. The molecule has 0 amide bonds. The topological polar surface area (TPSA) is 164 Å². The fourth-order valence-corrected chi connectivity index (χ4v) is 13.6. The van der Waals surface area contributed by atoms with Crippen molar-refractivity contribution in [3.63, 3.8) is 0 Å². The summed E-state index contributed by atoms with van der Waals surface area (Å²) in [7, 11) is 0. The molecule has 5 saturated carbocycles. The van der Waals surface area contributed by atoms with Gasteiger partial charge in [0.05, 0.1) is 30.0 Å². The van der Waals surface area contributed by atoms with Crippen LogP contribution in [0.25, 0.3) is 0 Å². The second-order valence-electron chi connectivity index (χ2n) is 17.9. The highest BCUT2D eigenvalue weighted by Crippen LogP contribution is 2.88. The predicted molar refractivity (Wildman–Crippen MR) is 158 cm³/mol. The molecule has 17 atom stereocenters. The third kappa shape index (κ3) is 3.37. The van der Waals surface area contributed by atoms with Crippen LogP contribution < -0.4 is 5.73 Å². The summed E-state index contributed by atoms with van der Waals surface area (Å²) in [6, 6.07) is 0. The zero-order chi connectivity index (χ0) is 31.6. The third-order valence-electron chi connectivity index (χ3n) is 15.4. The molecule has 8 unspecified atom stereocenters. The molecule has 44 heavy (non-hydrogen) atoms. The Morgan fingerprint density at radius 2 is 1.57 bits per heavy atom. The third-order valence-corrected chi connectivity index (χ3v) is 15.4. The van der Waals surface area contributed by atoms with E-state index < -0.39 is 53.7 Å². The SMILES string of the molecule is C[C@@H]1CC2OC3(OC2C(C)(C)O)[C@H]1C1(C)CCC24CC25CC[C@H](OC2OC[C@@H](O)[C@H](O)[C@H]2O)C(C)(C)[C@@H]5CCC4[C@]1(N)[C@H]3O. The molecule has 3 saturated heterocycles. The van der Waals surface area contributed by atoms with Gasteiger partial charge in [-0.3, -0.25) is 0 Å². The van der Waals surface area contributed by atoms with Gasteiger partial charge in [-0.1, -0.05) is 27.7 Å². The summed E-state index contributed by atoms with van der Waals surface area (Å²) >= 11 is 0. The van der Waals surface area contributed by atoms with E-state index in [0.29, 0.717) is 5.92 Å².